The van der Waals surface area contributed by atoms with Gasteiger partial charge in [-0.3, -0.25) is 18.7 Å². The smallest absolute Gasteiger partial charge is 0.332 e. The van der Waals surface area contributed by atoms with Crippen LogP contribution in [0.15, 0.2) is 39.0 Å². The van der Waals surface area contributed by atoms with Crippen LogP contribution in [0.4, 0.5) is 0 Å². The summed E-state index contributed by atoms with van der Waals surface area (Å²) in [5.74, 6) is 0.772. The number of rotatable bonds is 9. The van der Waals surface area contributed by atoms with Gasteiger partial charge in [-0.1, -0.05) is 37.2 Å². The number of methoxy groups -OCH3 is 1. The fourth-order valence-electron chi connectivity index (χ4n) is 3.19. The van der Waals surface area contributed by atoms with Crippen molar-refractivity contribution in [2.24, 2.45) is 14.1 Å². The Hall–Kier alpha value is -3.01. The lowest BCUT2D eigenvalue weighted by atomic mass is 10.2. The van der Waals surface area contributed by atoms with Gasteiger partial charge in [0.15, 0.2) is 16.3 Å². The number of nitrogens with zero attached hydrogens (tertiary/aromatic N) is 4. The zero-order valence-corrected chi connectivity index (χ0v) is 19.0. The molecule has 0 radical (unpaired) electrons. The van der Waals surface area contributed by atoms with Crippen LogP contribution in [0.1, 0.15) is 25.3 Å². The first kappa shape index (κ1) is 22.7. The first-order valence-corrected chi connectivity index (χ1v) is 11.0. The molecule has 0 aliphatic rings. The fourth-order valence-corrected chi connectivity index (χ4v) is 4.04. The molecular formula is C21H27N5O4S. The number of unbranched alkanes of at least 4 members (excludes halogenated alkanes) is 1. The summed E-state index contributed by atoms with van der Waals surface area (Å²) < 4.78 is 9.41. The van der Waals surface area contributed by atoms with Gasteiger partial charge in [-0.2, -0.15) is 0 Å². The van der Waals surface area contributed by atoms with Gasteiger partial charge in [0.05, 0.1) is 12.9 Å². The molecule has 0 saturated heterocycles. The van der Waals surface area contributed by atoms with Gasteiger partial charge >= 0.3 is 5.69 Å². The first-order valence-electron chi connectivity index (χ1n) is 10.1. The summed E-state index contributed by atoms with van der Waals surface area (Å²) in [6.07, 6.45) is 1.80. The third kappa shape index (κ3) is 4.84. The number of carbonyl (C=O) groups excluding carboxylic acids is 1. The molecule has 1 N–H and O–H groups in total. The summed E-state index contributed by atoms with van der Waals surface area (Å²) in [6, 6.07) is 7.48. The Morgan fingerprint density at radius 2 is 1.87 bits per heavy atom. The van der Waals surface area contributed by atoms with Gasteiger partial charge in [-0.15, -0.1) is 0 Å². The number of nitrogens with one attached hydrogen (secondary N) is 1. The minimum absolute atomic E-state index is 0.142. The molecule has 0 saturated carbocycles. The maximum atomic E-state index is 12.7. The second-order valence-electron chi connectivity index (χ2n) is 7.19. The third-order valence-corrected chi connectivity index (χ3v) is 6.01. The maximum absolute atomic E-state index is 12.7. The van der Waals surface area contributed by atoms with Gasteiger partial charge in [-0.05, 0) is 24.1 Å². The molecule has 0 aliphatic heterocycles. The molecule has 1 amide bonds. The molecule has 0 bridgehead atoms. The molecule has 1 aromatic carbocycles. The van der Waals surface area contributed by atoms with E-state index in [1.54, 1.807) is 14.2 Å². The highest BCUT2D eigenvalue weighted by Crippen LogP contribution is 2.22. The molecule has 31 heavy (non-hydrogen) atoms. The lowest BCUT2D eigenvalue weighted by Crippen LogP contribution is -2.37. The Kier molecular flexibility index (Phi) is 7.21. The van der Waals surface area contributed by atoms with Crippen molar-refractivity contribution in [2.45, 2.75) is 38.0 Å². The second-order valence-corrected chi connectivity index (χ2v) is 8.13. The molecule has 0 fully saturated rings. The number of fused-ring (bicyclic) bond motifs is 1. The molecule has 0 unspecified atom stereocenters. The monoisotopic (exact) mass is 445 g/mol. The van der Waals surface area contributed by atoms with E-state index in [0.717, 1.165) is 28.7 Å². The lowest BCUT2D eigenvalue weighted by molar-refractivity contribution is -0.118. The van der Waals surface area contributed by atoms with Gasteiger partial charge in [0.2, 0.25) is 5.91 Å². The highest BCUT2D eigenvalue weighted by Gasteiger charge is 2.19. The highest BCUT2D eigenvalue weighted by molar-refractivity contribution is 7.99. The Morgan fingerprint density at radius 3 is 2.52 bits per heavy atom. The van der Waals surface area contributed by atoms with Gasteiger partial charge in [-0.25, -0.2) is 9.78 Å². The number of carbonyl (C=O) groups is 1. The SMILES string of the molecule is CCCCn1c(SCC(=O)NCc2ccc(OC)cc2)nc2c1c(=O)n(C)c(=O)n2C. The van der Waals surface area contributed by atoms with Crippen molar-refractivity contribution in [3.63, 3.8) is 0 Å². The molecule has 9 nitrogen and oxygen atoms in total. The number of benzene rings is 1. The second kappa shape index (κ2) is 9.86. The number of thioether (sulfide) groups is 1. The van der Waals surface area contributed by atoms with Crippen molar-refractivity contribution in [1.82, 2.24) is 24.0 Å². The topological polar surface area (TPSA) is 100 Å². The van der Waals surface area contributed by atoms with E-state index in [1.807, 2.05) is 28.8 Å². The van der Waals surface area contributed by atoms with Crippen LogP contribution in [-0.2, 0) is 32.0 Å². The molecule has 2 heterocycles. The first-order chi connectivity index (χ1) is 14.9. The predicted molar refractivity (Wildman–Crippen MR) is 121 cm³/mol. The van der Waals surface area contributed by atoms with Crippen LogP contribution >= 0.6 is 11.8 Å². The van der Waals surface area contributed by atoms with Crippen molar-refractivity contribution < 1.29 is 9.53 Å². The average molecular weight is 446 g/mol. The Bertz CT molecular complexity index is 1190. The standard InChI is InChI=1S/C21H27N5O4S/c1-5-6-11-26-17-18(24(2)21(29)25(3)19(17)28)23-20(26)31-13-16(27)22-12-14-7-9-15(30-4)10-8-14/h7-10H,5-6,11-13H2,1-4H3,(H,22,27). The van der Waals surface area contributed by atoms with Crippen LogP contribution in [0.2, 0.25) is 0 Å². The van der Waals surface area contributed by atoms with E-state index in [-0.39, 0.29) is 17.2 Å². The third-order valence-electron chi connectivity index (χ3n) is 5.03. The molecule has 3 aromatic rings. The van der Waals surface area contributed by atoms with Crippen molar-refractivity contribution in [3.05, 3.63) is 50.7 Å². The zero-order valence-electron chi connectivity index (χ0n) is 18.2. The summed E-state index contributed by atoms with van der Waals surface area (Å²) >= 11 is 1.26. The summed E-state index contributed by atoms with van der Waals surface area (Å²) in [4.78, 5) is 41.9. The zero-order chi connectivity index (χ0) is 22.5. The maximum Gasteiger partial charge on any atom is 0.332 e. The summed E-state index contributed by atoms with van der Waals surface area (Å²) in [6.45, 7) is 3.06. The summed E-state index contributed by atoms with van der Waals surface area (Å²) in [5, 5.41) is 3.44. The number of aryl methyl sites for hydroxylation is 2. The van der Waals surface area contributed by atoms with Crippen molar-refractivity contribution >= 4 is 28.8 Å². The van der Waals surface area contributed by atoms with E-state index in [9.17, 15) is 14.4 Å². The molecule has 0 spiro atoms. The van der Waals surface area contributed by atoms with Gasteiger partial charge in [0.1, 0.15) is 5.75 Å². The molecule has 166 valence electrons. The van der Waals surface area contributed by atoms with Gasteiger partial charge in [0.25, 0.3) is 5.56 Å². The van der Waals surface area contributed by atoms with E-state index in [1.165, 1.54) is 23.4 Å². The van der Waals surface area contributed by atoms with Crippen LogP contribution in [0.5, 0.6) is 5.75 Å². The normalized spacial score (nSPS) is 11.1. The Labute approximate surface area is 184 Å². The Balaban J connectivity index is 1.77. The Morgan fingerprint density at radius 1 is 1.16 bits per heavy atom. The number of amides is 1. The minimum atomic E-state index is -0.425. The number of hydrogen-bond acceptors (Lipinski definition) is 6. The van der Waals surface area contributed by atoms with Crippen LogP contribution in [0.3, 0.4) is 0 Å². The van der Waals surface area contributed by atoms with E-state index in [0.29, 0.717) is 29.4 Å². The number of aromatic nitrogens is 4. The number of hydrogen-bond donors (Lipinski definition) is 1. The molecular weight excluding hydrogens is 418 g/mol. The molecule has 3 rings (SSSR count). The van der Waals surface area contributed by atoms with Crippen molar-refractivity contribution in [3.8, 4) is 5.75 Å². The van der Waals surface area contributed by atoms with E-state index in [4.69, 9.17) is 4.74 Å². The van der Waals surface area contributed by atoms with E-state index >= 15 is 0 Å². The highest BCUT2D eigenvalue weighted by atomic mass is 32.2. The molecule has 0 aliphatic carbocycles. The summed E-state index contributed by atoms with van der Waals surface area (Å²) in [5.41, 5.74) is 0.890. The van der Waals surface area contributed by atoms with Crippen LogP contribution in [0.25, 0.3) is 11.2 Å². The predicted octanol–water partition coefficient (Wildman–Crippen LogP) is 1.65. The summed E-state index contributed by atoms with van der Waals surface area (Å²) in [7, 11) is 4.66. The van der Waals surface area contributed by atoms with Gasteiger partial charge < -0.3 is 14.6 Å². The van der Waals surface area contributed by atoms with E-state index in [2.05, 4.69) is 17.2 Å². The van der Waals surface area contributed by atoms with Crippen LogP contribution < -0.4 is 21.3 Å². The van der Waals surface area contributed by atoms with Crippen LogP contribution in [0, 0.1) is 0 Å². The lowest BCUT2D eigenvalue weighted by Gasteiger charge is -2.09. The average Bonchev–Trinajstić information content (AvgIpc) is 3.16. The quantitative estimate of drug-likeness (QED) is 0.503. The fraction of sp³-hybridized carbons (Fsp3) is 0.429. The molecule has 0 atom stereocenters. The van der Waals surface area contributed by atoms with Crippen molar-refractivity contribution in [1.29, 1.82) is 0 Å². The number of ether oxygens (including phenoxy) is 1. The van der Waals surface area contributed by atoms with Crippen LogP contribution in [-0.4, -0.2) is 37.5 Å². The number of imidazole rings is 1. The minimum Gasteiger partial charge on any atom is -0.497 e. The largest absolute Gasteiger partial charge is 0.497 e. The molecule has 2 aromatic heterocycles. The van der Waals surface area contributed by atoms with Gasteiger partial charge in [0, 0.05) is 27.2 Å². The van der Waals surface area contributed by atoms with Crippen molar-refractivity contribution in [2.75, 3.05) is 12.9 Å². The molecule has 10 heteroatoms. The van der Waals surface area contributed by atoms with E-state index < -0.39 is 5.69 Å².